The van der Waals surface area contributed by atoms with Crippen molar-refractivity contribution in [2.45, 2.75) is 96.6 Å². The Hall–Kier alpha value is -4.32. The van der Waals surface area contributed by atoms with Crippen LogP contribution >= 0.6 is 0 Å². The van der Waals surface area contributed by atoms with E-state index in [4.69, 9.17) is 4.74 Å². The topological polar surface area (TPSA) is 43.4 Å². The average molecular weight is 669 g/mol. The molecule has 4 aromatic rings. The lowest BCUT2D eigenvalue weighted by atomic mass is 9.80. The lowest BCUT2D eigenvalue weighted by Crippen LogP contribution is -2.19. The van der Waals surface area contributed by atoms with Gasteiger partial charge in [-0.05, 0) is 92.9 Å². The molecule has 0 aliphatic heterocycles. The van der Waals surface area contributed by atoms with Gasteiger partial charge in [-0.25, -0.2) is 12.8 Å². The highest BCUT2D eigenvalue weighted by Gasteiger charge is 2.28. The highest BCUT2D eigenvalue weighted by atomic mass is 32.2. The number of benzene rings is 4. The van der Waals surface area contributed by atoms with Crippen LogP contribution in [0, 0.1) is 29.5 Å². The summed E-state index contributed by atoms with van der Waals surface area (Å²) in [6.45, 7) is 20.2. The maximum atomic E-state index is 13.6. The van der Waals surface area contributed by atoms with Crippen molar-refractivity contribution in [1.29, 1.82) is 0 Å². The molecule has 1 atom stereocenters. The van der Waals surface area contributed by atoms with E-state index < -0.39 is 25.9 Å². The summed E-state index contributed by atoms with van der Waals surface area (Å²) in [7, 11) is -2.10. The van der Waals surface area contributed by atoms with Gasteiger partial charge in [-0.3, -0.25) is 0 Å². The third-order valence-electron chi connectivity index (χ3n) is 7.31. The van der Waals surface area contributed by atoms with Crippen LogP contribution in [0.5, 0.6) is 5.75 Å². The number of hydrogen-bond donors (Lipinski definition) is 0. The fourth-order valence-corrected chi connectivity index (χ4v) is 6.22. The summed E-state index contributed by atoms with van der Waals surface area (Å²) in [6, 6.07) is 29.9. The van der Waals surface area contributed by atoms with Crippen LogP contribution in [0.3, 0.4) is 0 Å². The first kappa shape index (κ1) is 41.7. The van der Waals surface area contributed by atoms with Crippen LogP contribution in [-0.4, -0.2) is 15.5 Å². The summed E-state index contributed by atoms with van der Waals surface area (Å²) in [5.74, 6) is 13.4. The zero-order chi connectivity index (χ0) is 36.4. The molecule has 256 valence electrons. The van der Waals surface area contributed by atoms with Gasteiger partial charge in [-0.2, -0.15) is 0 Å². The fraction of sp³-hybridized carbons (Fsp3) is 0.349. The molecule has 48 heavy (non-hydrogen) atoms. The lowest BCUT2D eigenvalue weighted by Gasteiger charge is -2.22. The molecule has 0 fully saturated rings. The van der Waals surface area contributed by atoms with Crippen molar-refractivity contribution >= 4 is 9.84 Å². The van der Waals surface area contributed by atoms with E-state index in [9.17, 15) is 12.8 Å². The van der Waals surface area contributed by atoms with E-state index in [0.29, 0.717) is 11.3 Å². The Morgan fingerprint density at radius 2 is 1.12 bits per heavy atom. The van der Waals surface area contributed by atoms with Gasteiger partial charge >= 0.3 is 0 Å². The second-order valence-corrected chi connectivity index (χ2v) is 13.3. The first-order valence-electron chi connectivity index (χ1n) is 16.7. The van der Waals surface area contributed by atoms with Gasteiger partial charge in [-0.1, -0.05) is 120 Å². The largest absolute Gasteiger partial charge is 0.497 e. The van der Waals surface area contributed by atoms with E-state index >= 15 is 0 Å². The molecule has 4 rings (SSSR count). The first-order valence-corrected chi connectivity index (χ1v) is 18.3. The Balaban J connectivity index is 0.00000182. The third kappa shape index (κ3) is 11.7. The summed E-state index contributed by atoms with van der Waals surface area (Å²) >= 11 is 0. The van der Waals surface area contributed by atoms with Gasteiger partial charge in [0.1, 0.15) is 16.8 Å². The Labute approximate surface area is 290 Å². The number of rotatable bonds is 7. The van der Waals surface area contributed by atoms with Crippen molar-refractivity contribution in [2.24, 2.45) is 0 Å². The summed E-state index contributed by atoms with van der Waals surface area (Å²) in [6.07, 6.45) is 0.140. The van der Waals surface area contributed by atoms with Crippen molar-refractivity contribution in [3.63, 3.8) is 0 Å². The number of hydrogen-bond acceptors (Lipinski definition) is 3. The van der Waals surface area contributed by atoms with Crippen LogP contribution in [0.4, 0.5) is 4.39 Å². The molecule has 0 radical (unpaired) electrons. The normalized spacial score (nSPS) is 11.2. The first-order chi connectivity index (χ1) is 22.9. The van der Waals surface area contributed by atoms with Gasteiger partial charge in [0.2, 0.25) is 0 Å². The molecule has 0 spiro atoms. The maximum Gasteiger partial charge on any atom is 0.186 e. The second kappa shape index (κ2) is 20.1. The second-order valence-electron chi connectivity index (χ2n) is 11.2. The van der Waals surface area contributed by atoms with Gasteiger partial charge in [0.25, 0.3) is 0 Å². The van der Waals surface area contributed by atoms with E-state index in [1.165, 1.54) is 12.1 Å². The molecular weight excluding hydrogens is 616 g/mol. The number of methoxy groups -OCH3 is 1. The number of sulfone groups is 1. The molecule has 5 heteroatoms. The molecule has 0 amide bonds. The van der Waals surface area contributed by atoms with Gasteiger partial charge in [-0.15, -0.1) is 0 Å². The molecule has 4 aromatic carbocycles. The van der Waals surface area contributed by atoms with Crippen LogP contribution in [-0.2, 0) is 20.7 Å². The van der Waals surface area contributed by atoms with E-state index in [1.54, 1.807) is 73.8 Å². The number of ether oxygens (including phenoxy) is 1. The molecule has 0 saturated carbocycles. The Bertz CT molecular complexity index is 1730. The van der Waals surface area contributed by atoms with Gasteiger partial charge in [0.15, 0.2) is 9.84 Å². The van der Waals surface area contributed by atoms with Crippen LogP contribution in [0.2, 0.25) is 0 Å². The predicted molar refractivity (Wildman–Crippen MR) is 202 cm³/mol. The molecule has 0 N–H and O–H groups in total. The molecule has 0 aliphatic rings. The Morgan fingerprint density at radius 3 is 1.58 bits per heavy atom. The maximum absolute atomic E-state index is 13.6. The quantitative estimate of drug-likeness (QED) is 0.184. The molecule has 0 aromatic heterocycles. The lowest BCUT2D eigenvalue weighted by molar-refractivity contribution is 0.414. The summed E-state index contributed by atoms with van der Waals surface area (Å²) in [4.78, 5) is 0.267. The molecule has 0 saturated heterocycles. The molecule has 0 aliphatic carbocycles. The van der Waals surface area contributed by atoms with Crippen LogP contribution in [0.15, 0.2) is 108 Å². The minimum absolute atomic E-state index is 0.140. The zero-order valence-electron chi connectivity index (χ0n) is 30.6. The van der Waals surface area contributed by atoms with Crippen LogP contribution in [0.1, 0.15) is 103 Å². The zero-order valence-corrected chi connectivity index (χ0v) is 31.4. The van der Waals surface area contributed by atoms with Crippen molar-refractivity contribution in [1.82, 2.24) is 0 Å². The summed E-state index contributed by atoms with van der Waals surface area (Å²) in [5, 5.41) is -0.823. The third-order valence-corrected chi connectivity index (χ3v) is 9.43. The standard InChI is InChI=1S/C37H35FO3S.3C2H6/c1-36(2,26-27-37(3,4)31-20-22-32(38)23-21-31)30-18-14-28(15-19-30)10-9-13-35(29-16-24-33(41-5)25-17-29)42(39,40)34-11-7-6-8-12-34;3*1-2/h6-8,11-12,14-25,35H,13H2,1-5H3;3*1-2H3. The molecule has 3 nitrogen and oxygen atoms in total. The van der Waals surface area contributed by atoms with Gasteiger partial charge < -0.3 is 4.74 Å². The molecule has 1 unspecified atom stereocenters. The van der Waals surface area contributed by atoms with Crippen LogP contribution in [0.25, 0.3) is 0 Å². The van der Waals surface area contributed by atoms with E-state index in [2.05, 4.69) is 37.5 Å². The van der Waals surface area contributed by atoms with E-state index in [-0.39, 0.29) is 17.1 Å². The minimum atomic E-state index is -3.67. The highest BCUT2D eigenvalue weighted by molar-refractivity contribution is 7.91. The number of halogens is 1. The molecule has 0 bridgehead atoms. The van der Waals surface area contributed by atoms with Crippen molar-refractivity contribution in [2.75, 3.05) is 7.11 Å². The molecular formula is C43H53FO3S. The monoisotopic (exact) mass is 668 g/mol. The van der Waals surface area contributed by atoms with Gasteiger partial charge in [0.05, 0.1) is 22.8 Å². The Morgan fingerprint density at radius 1 is 0.667 bits per heavy atom. The SMILES string of the molecule is CC.CC.CC.COc1ccc(C(CC#Cc2ccc(C(C)(C)C#CC(C)(C)c3ccc(F)cc3)cc2)S(=O)(=O)c2ccccc2)cc1. The van der Waals surface area contributed by atoms with Gasteiger partial charge in [0, 0.05) is 12.0 Å². The van der Waals surface area contributed by atoms with Crippen molar-refractivity contribution in [3.8, 4) is 29.4 Å². The average Bonchev–Trinajstić information content (AvgIpc) is 3.13. The molecule has 0 heterocycles. The Kier molecular flexibility index (Phi) is 17.5. The summed E-state index contributed by atoms with van der Waals surface area (Å²) in [5.41, 5.74) is 2.59. The summed E-state index contributed by atoms with van der Waals surface area (Å²) < 4.78 is 45.8. The smallest absolute Gasteiger partial charge is 0.186 e. The highest BCUT2D eigenvalue weighted by Crippen LogP contribution is 2.33. The fourth-order valence-electron chi connectivity index (χ4n) is 4.54. The van der Waals surface area contributed by atoms with Crippen molar-refractivity contribution in [3.05, 3.63) is 131 Å². The van der Waals surface area contributed by atoms with E-state index in [1.807, 2.05) is 79.7 Å². The van der Waals surface area contributed by atoms with Crippen LogP contribution < -0.4 is 4.74 Å². The predicted octanol–water partition coefficient (Wildman–Crippen LogP) is 11.1. The van der Waals surface area contributed by atoms with E-state index in [0.717, 1.165) is 16.7 Å². The van der Waals surface area contributed by atoms with Crippen molar-refractivity contribution < 1.29 is 17.5 Å². The minimum Gasteiger partial charge on any atom is -0.497 e.